The van der Waals surface area contributed by atoms with Gasteiger partial charge in [0.15, 0.2) is 4.90 Å². The first kappa shape index (κ1) is 16.7. The number of pyridine rings is 1. The Morgan fingerprint density at radius 2 is 1.91 bits per heavy atom. The van der Waals surface area contributed by atoms with Crippen LogP contribution >= 0.6 is 11.5 Å². The summed E-state index contributed by atoms with van der Waals surface area (Å²) >= 11 is 1.02. The van der Waals surface area contributed by atoms with Crippen molar-refractivity contribution in [3.8, 4) is 11.8 Å². The number of aryl methyl sites for hydroxylation is 2. The first-order valence-corrected chi connectivity index (χ1v) is 8.70. The molecule has 2 heterocycles. The van der Waals surface area contributed by atoms with Gasteiger partial charge in [0, 0.05) is 23.2 Å². The van der Waals surface area contributed by atoms with E-state index in [4.69, 9.17) is 9.47 Å². The molecular formula is C13H17N3O4S2. The fourth-order valence-electron chi connectivity index (χ4n) is 1.99. The summed E-state index contributed by atoms with van der Waals surface area (Å²) in [6.07, 6.45) is 0. The number of ether oxygens (including phenoxy) is 2. The number of nitrogens with zero attached hydrogens (tertiary/aromatic N) is 2. The molecule has 0 aliphatic heterocycles. The molecule has 0 radical (unpaired) electrons. The van der Waals surface area contributed by atoms with Crippen LogP contribution in [-0.2, 0) is 16.6 Å². The van der Waals surface area contributed by atoms with Gasteiger partial charge in [0.2, 0.25) is 21.8 Å². The molecule has 0 bridgehead atoms. The van der Waals surface area contributed by atoms with Crippen LogP contribution in [0.1, 0.15) is 16.8 Å². The molecule has 7 nitrogen and oxygen atoms in total. The van der Waals surface area contributed by atoms with Crippen molar-refractivity contribution in [1.82, 2.24) is 14.1 Å². The van der Waals surface area contributed by atoms with Crippen LogP contribution in [0.3, 0.4) is 0 Å². The minimum absolute atomic E-state index is 0.0247. The van der Waals surface area contributed by atoms with E-state index in [1.54, 1.807) is 0 Å². The normalized spacial score (nSPS) is 11.5. The molecule has 2 rings (SSSR count). The molecule has 1 N–H and O–H groups in total. The number of methoxy groups -OCH3 is 2. The maximum Gasteiger partial charge on any atom is 0.247 e. The lowest BCUT2D eigenvalue weighted by molar-refractivity contribution is 0.389. The van der Waals surface area contributed by atoms with E-state index >= 15 is 0 Å². The van der Waals surface area contributed by atoms with Crippen LogP contribution in [0.4, 0.5) is 0 Å². The Morgan fingerprint density at radius 3 is 2.55 bits per heavy atom. The summed E-state index contributed by atoms with van der Waals surface area (Å²) in [5.74, 6) is 0.499. The Balaban J connectivity index is 2.27. The molecule has 0 spiro atoms. The number of rotatable bonds is 6. The summed E-state index contributed by atoms with van der Waals surface area (Å²) in [6.45, 7) is 3.81. The average Bonchev–Trinajstić information content (AvgIpc) is 2.94. The Morgan fingerprint density at radius 1 is 1.23 bits per heavy atom. The standard InChI is InChI=1S/C13H17N3O4S2/c1-8-5-9(2)15-12(19-3)10(8)6-14-22(17,18)11-7-21-16-13(11)20-4/h5,7,14H,6H2,1-4H3. The quantitative estimate of drug-likeness (QED) is 0.858. The molecule has 9 heteroatoms. The summed E-state index contributed by atoms with van der Waals surface area (Å²) in [4.78, 5) is 4.28. The Kier molecular flexibility index (Phi) is 4.99. The van der Waals surface area contributed by atoms with Crippen molar-refractivity contribution in [3.63, 3.8) is 0 Å². The van der Waals surface area contributed by atoms with Crippen molar-refractivity contribution in [3.05, 3.63) is 28.3 Å². The maximum atomic E-state index is 12.3. The summed E-state index contributed by atoms with van der Waals surface area (Å²) in [6, 6.07) is 1.87. The molecule has 22 heavy (non-hydrogen) atoms. The van der Waals surface area contributed by atoms with E-state index in [-0.39, 0.29) is 17.3 Å². The number of hydrogen-bond donors (Lipinski definition) is 1. The van der Waals surface area contributed by atoms with Gasteiger partial charge in [-0.05, 0) is 37.0 Å². The lowest BCUT2D eigenvalue weighted by atomic mass is 10.1. The van der Waals surface area contributed by atoms with Gasteiger partial charge in [0.1, 0.15) is 0 Å². The van der Waals surface area contributed by atoms with Gasteiger partial charge >= 0.3 is 0 Å². The molecule has 0 saturated heterocycles. The molecule has 0 aromatic carbocycles. The molecule has 120 valence electrons. The molecule has 0 saturated carbocycles. The zero-order chi connectivity index (χ0) is 16.3. The van der Waals surface area contributed by atoms with Crippen LogP contribution in [0.5, 0.6) is 11.8 Å². The molecule has 0 aliphatic carbocycles. The number of nitrogens with one attached hydrogen (secondary N) is 1. The van der Waals surface area contributed by atoms with E-state index < -0.39 is 10.0 Å². The second kappa shape index (κ2) is 6.59. The molecule has 2 aromatic heterocycles. The highest BCUT2D eigenvalue weighted by atomic mass is 32.2. The van der Waals surface area contributed by atoms with Crippen LogP contribution < -0.4 is 14.2 Å². The molecular weight excluding hydrogens is 326 g/mol. The SMILES string of the molecule is COc1nscc1S(=O)(=O)NCc1c(C)cc(C)nc1OC. The van der Waals surface area contributed by atoms with E-state index in [1.807, 2.05) is 19.9 Å². The molecule has 0 atom stereocenters. The van der Waals surface area contributed by atoms with Crippen LogP contribution in [-0.4, -0.2) is 32.0 Å². The Labute approximate surface area is 133 Å². The highest BCUT2D eigenvalue weighted by molar-refractivity contribution is 7.89. The smallest absolute Gasteiger partial charge is 0.247 e. The van der Waals surface area contributed by atoms with Crippen LogP contribution in [0, 0.1) is 13.8 Å². The number of sulfonamides is 1. The third-order valence-corrected chi connectivity index (χ3v) is 5.22. The summed E-state index contributed by atoms with van der Waals surface area (Å²) in [5.41, 5.74) is 2.41. The number of aromatic nitrogens is 2. The van der Waals surface area contributed by atoms with Crippen molar-refractivity contribution >= 4 is 21.6 Å². The van der Waals surface area contributed by atoms with Crippen LogP contribution in [0.15, 0.2) is 16.3 Å². The zero-order valence-electron chi connectivity index (χ0n) is 12.7. The van der Waals surface area contributed by atoms with E-state index in [0.29, 0.717) is 11.4 Å². The van der Waals surface area contributed by atoms with Gasteiger partial charge in [-0.1, -0.05) is 0 Å². The third-order valence-electron chi connectivity index (χ3n) is 3.06. The Bertz CT molecular complexity index is 772. The van der Waals surface area contributed by atoms with Gasteiger partial charge in [0.25, 0.3) is 0 Å². The third kappa shape index (κ3) is 3.37. The van der Waals surface area contributed by atoms with E-state index in [2.05, 4.69) is 14.1 Å². The Hall–Kier alpha value is -1.71. The lowest BCUT2D eigenvalue weighted by Crippen LogP contribution is -2.24. The largest absolute Gasteiger partial charge is 0.481 e. The van der Waals surface area contributed by atoms with Crippen molar-refractivity contribution in [2.75, 3.05) is 14.2 Å². The van der Waals surface area contributed by atoms with Crippen LogP contribution in [0.2, 0.25) is 0 Å². The second-order valence-electron chi connectivity index (χ2n) is 4.58. The number of hydrogen-bond acceptors (Lipinski definition) is 7. The highest BCUT2D eigenvalue weighted by Crippen LogP contribution is 2.25. The molecule has 0 aliphatic rings. The monoisotopic (exact) mass is 343 g/mol. The topological polar surface area (TPSA) is 90.4 Å². The summed E-state index contributed by atoms with van der Waals surface area (Å²) < 4.78 is 41.3. The minimum Gasteiger partial charge on any atom is -0.481 e. The van der Waals surface area contributed by atoms with E-state index in [1.165, 1.54) is 19.6 Å². The van der Waals surface area contributed by atoms with Crippen molar-refractivity contribution < 1.29 is 17.9 Å². The fourth-order valence-corrected chi connectivity index (χ4v) is 4.05. The zero-order valence-corrected chi connectivity index (χ0v) is 14.3. The molecule has 0 amide bonds. The van der Waals surface area contributed by atoms with Gasteiger partial charge in [-0.15, -0.1) is 0 Å². The van der Waals surface area contributed by atoms with Crippen molar-refractivity contribution in [1.29, 1.82) is 0 Å². The van der Waals surface area contributed by atoms with Crippen LogP contribution in [0.25, 0.3) is 0 Å². The van der Waals surface area contributed by atoms with Gasteiger partial charge in [0.05, 0.1) is 14.2 Å². The van der Waals surface area contributed by atoms with Gasteiger partial charge < -0.3 is 9.47 Å². The summed E-state index contributed by atoms with van der Waals surface area (Å²) in [5, 5.41) is 1.43. The fraction of sp³-hybridized carbons (Fsp3) is 0.385. The van der Waals surface area contributed by atoms with Crippen molar-refractivity contribution in [2.45, 2.75) is 25.3 Å². The van der Waals surface area contributed by atoms with E-state index in [0.717, 1.165) is 22.8 Å². The minimum atomic E-state index is -3.72. The lowest BCUT2D eigenvalue weighted by Gasteiger charge is -2.13. The van der Waals surface area contributed by atoms with Gasteiger partial charge in [-0.2, -0.15) is 4.37 Å². The predicted molar refractivity (Wildman–Crippen MR) is 83.0 cm³/mol. The highest BCUT2D eigenvalue weighted by Gasteiger charge is 2.22. The predicted octanol–water partition coefficient (Wildman–Crippen LogP) is 1.65. The van der Waals surface area contributed by atoms with Gasteiger partial charge in [-0.25, -0.2) is 18.1 Å². The second-order valence-corrected chi connectivity index (χ2v) is 6.95. The first-order valence-electron chi connectivity index (χ1n) is 6.38. The average molecular weight is 343 g/mol. The molecule has 2 aromatic rings. The molecule has 0 fully saturated rings. The van der Waals surface area contributed by atoms with Gasteiger partial charge in [-0.3, -0.25) is 0 Å². The first-order chi connectivity index (χ1) is 10.4. The summed E-state index contributed by atoms with van der Waals surface area (Å²) in [7, 11) is -0.835. The maximum absolute atomic E-state index is 12.3. The molecule has 0 unspecified atom stereocenters. The van der Waals surface area contributed by atoms with E-state index in [9.17, 15) is 8.42 Å². The van der Waals surface area contributed by atoms with Crippen molar-refractivity contribution in [2.24, 2.45) is 0 Å².